The van der Waals surface area contributed by atoms with E-state index in [-0.39, 0.29) is 5.69 Å². The van der Waals surface area contributed by atoms with Crippen molar-refractivity contribution in [2.75, 3.05) is 24.6 Å². The summed E-state index contributed by atoms with van der Waals surface area (Å²) in [7, 11) is 1.53. The summed E-state index contributed by atoms with van der Waals surface area (Å²) in [5.41, 5.74) is -0.289. The van der Waals surface area contributed by atoms with Gasteiger partial charge in [-0.05, 0) is 23.8 Å². The number of hydrogen-bond donors (Lipinski definition) is 1. The molecule has 1 aromatic heterocycles. The van der Waals surface area contributed by atoms with Crippen LogP contribution in [0.4, 0.5) is 5.95 Å². The number of aromatic nitrogens is 3. The minimum absolute atomic E-state index is 0.165. The topological polar surface area (TPSA) is 221 Å². The van der Waals surface area contributed by atoms with Crippen LogP contribution in [-0.2, 0) is 42.9 Å². The molecular formula is C27H32N6O11. The van der Waals surface area contributed by atoms with Crippen molar-refractivity contribution in [3.63, 3.8) is 0 Å². The summed E-state index contributed by atoms with van der Waals surface area (Å²) in [5, 5.41) is 12.2. The van der Waals surface area contributed by atoms with Gasteiger partial charge in [0.15, 0.2) is 24.0 Å². The lowest BCUT2D eigenvalue weighted by Gasteiger charge is -2.30. The highest BCUT2D eigenvalue weighted by atomic mass is 16.6. The summed E-state index contributed by atoms with van der Waals surface area (Å²) in [6.45, 7) is 4.67. The van der Waals surface area contributed by atoms with E-state index in [9.17, 15) is 28.8 Å². The van der Waals surface area contributed by atoms with Crippen molar-refractivity contribution >= 4 is 54.1 Å². The highest BCUT2D eigenvalue weighted by molar-refractivity contribution is 5.90. The second-order valence-electron chi connectivity index (χ2n) is 8.86. The molecule has 236 valence electrons. The normalized spacial score (nSPS) is 13.0. The van der Waals surface area contributed by atoms with E-state index in [0.29, 0.717) is 21.0 Å². The second kappa shape index (κ2) is 16.1. The zero-order valence-electron chi connectivity index (χ0n) is 24.8. The molecule has 0 aliphatic rings. The molecule has 3 atom stereocenters. The molecule has 0 bridgehead atoms. The average molecular weight is 617 g/mol. The summed E-state index contributed by atoms with van der Waals surface area (Å²) < 4.78 is 26.2. The molecule has 17 nitrogen and oxygen atoms in total. The van der Waals surface area contributed by atoms with Crippen LogP contribution in [0, 0.1) is 0 Å². The minimum atomic E-state index is -1.62. The molecule has 1 heterocycles. The first kappa shape index (κ1) is 34.6. The molecule has 17 heteroatoms. The first-order chi connectivity index (χ1) is 20.7. The van der Waals surface area contributed by atoms with Gasteiger partial charge in [-0.1, -0.05) is 18.2 Å². The van der Waals surface area contributed by atoms with Crippen LogP contribution in [0.1, 0.15) is 45.9 Å². The van der Waals surface area contributed by atoms with Gasteiger partial charge in [-0.3, -0.25) is 28.8 Å². The van der Waals surface area contributed by atoms with E-state index in [4.69, 9.17) is 29.5 Å². The molecule has 0 radical (unpaired) electrons. The van der Waals surface area contributed by atoms with Gasteiger partial charge in [0, 0.05) is 34.6 Å². The Morgan fingerprint density at radius 3 is 2.05 bits per heavy atom. The lowest BCUT2D eigenvalue weighted by Crippen LogP contribution is -2.48. The van der Waals surface area contributed by atoms with Gasteiger partial charge in [-0.25, -0.2) is 0 Å². The summed E-state index contributed by atoms with van der Waals surface area (Å²) in [6, 6.07) is 6.92. The van der Waals surface area contributed by atoms with Gasteiger partial charge < -0.3 is 29.5 Å². The van der Waals surface area contributed by atoms with E-state index in [1.54, 1.807) is 30.3 Å². The van der Waals surface area contributed by atoms with Gasteiger partial charge in [-0.2, -0.15) is 14.8 Å². The Balaban J connectivity index is 2.49. The number of ether oxygens (including phenoxy) is 5. The Morgan fingerprint density at radius 1 is 0.909 bits per heavy atom. The lowest BCUT2D eigenvalue weighted by atomic mass is 10.1. The molecule has 0 saturated carbocycles. The minimum Gasteiger partial charge on any atom is -0.497 e. The molecule has 0 spiro atoms. The number of nitrogens with zero attached hydrogens (tertiary/aromatic N) is 5. The Kier molecular flexibility index (Phi) is 12.7. The third-order valence-electron chi connectivity index (χ3n) is 5.33. The first-order valence-corrected chi connectivity index (χ1v) is 12.8. The average Bonchev–Trinajstić information content (AvgIpc) is 2.94. The number of amides is 1. The lowest BCUT2D eigenvalue weighted by molar-refractivity contribution is -0.183. The number of rotatable bonds is 13. The molecule has 0 unspecified atom stereocenters. The van der Waals surface area contributed by atoms with Crippen LogP contribution in [0.3, 0.4) is 0 Å². The summed E-state index contributed by atoms with van der Waals surface area (Å²) in [5.74, 6) is 1.89. The quantitative estimate of drug-likeness (QED) is 0.105. The smallest absolute Gasteiger partial charge is 0.303 e. The van der Waals surface area contributed by atoms with Crippen molar-refractivity contribution < 1.29 is 47.7 Å². The van der Waals surface area contributed by atoms with E-state index >= 15 is 0 Å². The highest BCUT2D eigenvalue weighted by Crippen LogP contribution is 2.16. The number of carbonyl (C=O) groups excluding carboxylic acids is 5. The second-order valence-corrected chi connectivity index (χ2v) is 8.86. The molecule has 0 saturated heterocycles. The van der Waals surface area contributed by atoms with Crippen molar-refractivity contribution in [2.45, 2.75) is 52.9 Å². The number of methoxy groups -OCH3 is 1. The number of hydrazone groups is 1. The number of nitrogens with two attached hydrogens (primary N) is 1. The highest BCUT2D eigenvalue weighted by Gasteiger charge is 2.37. The molecule has 2 aromatic rings. The van der Waals surface area contributed by atoms with Gasteiger partial charge >= 0.3 is 23.9 Å². The van der Waals surface area contributed by atoms with Gasteiger partial charge in [0.2, 0.25) is 5.91 Å². The number of anilines is 1. The Hall–Kier alpha value is -5.61. The summed E-state index contributed by atoms with van der Waals surface area (Å²) in [4.78, 5) is 72.5. The van der Waals surface area contributed by atoms with E-state index < -0.39 is 66.2 Å². The Morgan fingerprint density at radius 2 is 1.52 bits per heavy atom. The van der Waals surface area contributed by atoms with Crippen LogP contribution in [0.5, 0.6) is 5.75 Å². The van der Waals surface area contributed by atoms with Gasteiger partial charge in [0.25, 0.3) is 11.5 Å². The maximum atomic E-state index is 12.9. The number of nitrogen functional groups attached to an aromatic ring is 1. The zero-order chi connectivity index (χ0) is 33.0. The van der Waals surface area contributed by atoms with Gasteiger partial charge in [0.1, 0.15) is 12.4 Å². The van der Waals surface area contributed by atoms with Crippen LogP contribution in [-0.4, -0.2) is 82.9 Å². The molecule has 2 rings (SSSR count). The fourth-order valence-corrected chi connectivity index (χ4v) is 3.48. The van der Waals surface area contributed by atoms with E-state index in [2.05, 4.69) is 15.3 Å². The maximum absolute atomic E-state index is 12.9. The standard InChI is InChI=1S/C27H32N6O11/c1-15(34)33(27-31-30-22(26(39)32(27)28)12-9-20-7-10-21(40-6)11-8-20)29-13-23(42-17(3)36)25(44-19(5)38)24(43-18(4)37)14-41-16(2)35/h7-13,23-25H,14,28H2,1-6H3/b12-9+,29-13+/t23-,24+,25-/m0/s1. The predicted molar refractivity (Wildman–Crippen MR) is 153 cm³/mol. The largest absolute Gasteiger partial charge is 0.497 e. The third kappa shape index (κ3) is 10.3. The van der Waals surface area contributed by atoms with E-state index in [1.807, 2.05) is 0 Å². The Labute approximate surface area is 251 Å². The molecular weight excluding hydrogens is 584 g/mol. The SMILES string of the molecule is COc1ccc(/C=C/c2nnc(N(/N=C/[C@H](OC(C)=O)[C@H](OC(C)=O)[C@@H](COC(C)=O)OC(C)=O)C(C)=O)n(N)c2=O)cc1. The molecule has 1 amide bonds. The van der Waals surface area contributed by atoms with Crippen molar-refractivity contribution in [2.24, 2.45) is 5.10 Å². The predicted octanol–water partition coefficient (Wildman–Crippen LogP) is 0.228. The summed E-state index contributed by atoms with van der Waals surface area (Å²) in [6.07, 6.45) is -0.885. The molecule has 2 N–H and O–H groups in total. The van der Waals surface area contributed by atoms with Gasteiger partial charge in [-0.15, -0.1) is 10.2 Å². The van der Waals surface area contributed by atoms with Crippen LogP contribution in [0.15, 0.2) is 34.2 Å². The zero-order valence-corrected chi connectivity index (χ0v) is 24.8. The molecule has 0 aliphatic carbocycles. The number of benzene rings is 1. The van der Waals surface area contributed by atoms with Crippen LogP contribution < -0.4 is 21.1 Å². The van der Waals surface area contributed by atoms with Gasteiger partial charge in [0.05, 0.1) is 13.3 Å². The van der Waals surface area contributed by atoms with E-state index in [0.717, 1.165) is 40.8 Å². The third-order valence-corrected chi connectivity index (χ3v) is 5.33. The summed E-state index contributed by atoms with van der Waals surface area (Å²) >= 11 is 0. The molecule has 0 aliphatic heterocycles. The van der Waals surface area contributed by atoms with E-state index in [1.165, 1.54) is 13.2 Å². The molecule has 44 heavy (non-hydrogen) atoms. The van der Waals surface area contributed by atoms with Crippen molar-refractivity contribution in [3.05, 3.63) is 45.9 Å². The molecule has 0 fully saturated rings. The number of hydrogen-bond acceptors (Lipinski definition) is 15. The van der Waals surface area contributed by atoms with Crippen molar-refractivity contribution in [1.29, 1.82) is 0 Å². The fourth-order valence-electron chi connectivity index (χ4n) is 3.48. The maximum Gasteiger partial charge on any atom is 0.303 e. The fraction of sp³-hybridized carbons (Fsp3) is 0.370. The first-order valence-electron chi connectivity index (χ1n) is 12.8. The van der Waals surface area contributed by atoms with Crippen molar-refractivity contribution in [3.8, 4) is 5.75 Å². The van der Waals surface area contributed by atoms with Crippen LogP contribution in [0.2, 0.25) is 0 Å². The van der Waals surface area contributed by atoms with Crippen molar-refractivity contribution in [1.82, 2.24) is 14.9 Å². The monoisotopic (exact) mass is 616 g/mol. The van der Waals surface area contributed by atoms with Crippen LogP contribution in [0.25, 0.3) is 12.2 Å². The number of esters is 4. The number of carbonyl (C=O) groups is 5. The Bertz CT molecular complexity index is 1490. The van der Waals surface area contributed by atoms with Crippen LogP contribution >= 0.6 is 0 Å². The molecule has 1 aromatic carbocycles.